The zero-order chi connectivity index (χ0) is 22.8. The monoisotopic (exact) mass is 462 g/mol. The Morgan fingerprint density at radius 3 is 2.48 bits per heavy atom. The molecule has 1 N–H and O–H groups in total. The van der Waals surface area contributed by atoms with Gasteiger partial charge >= 0.3 is 0 Å². The number of hydrogen-bond acceptors (Lipinski definition) is 5. The van der Waals surface area contributed by atoms with E-state index in [2.05, 4.69) is 20.5 Å². The van der Waals surface area contributed by atoms with Gasteiger partial charge in [-0.15, -0.1) is 10.2 Å². The molecule has 0 saturated carbocycles. The van der Waals surface area contributed by atoms with Crippen LogP contribution in [0.2, 0.25) is 5.02 Å². The van der Waals surface area contributed by atoms with Gasteiger partial charge in [0, 0.05) is 15.5 Å². The van der Waals surface area contributed by atoms with Crippen molar-refractivity contribution in [1.29, 1.82) is 0 Å². The summed E-state index contributed by atoms with van der Waals surface area (Å²) >= 11 is 7.24. The summed E-state index contributed by atoms with van der Waals surface area (Å²) in [5, 5.41) is 11.0. The maximum absolute atomic E-state index is 14.8. The molecule has 5 nitrogen and oxygen atoms in total. The summed E-state index contributed by atoms with van der Waals surface area (Å²) in [5.74, 6) is -3.72. The summed E-state index contributed by atoms with van der Waals surface area (Å²) in [6, 6.07) is 10.1. The Hall–Kier alpha value is -2.58. The Morgan fingerprint density at radius 2 is 1.81 bits per heavy atom. The topological polar surface area (TPSA) is 67.8 Å². The number of aromatic nitrogens is 3. The molecule has 0 saturated heterocycles. The second kappa shape index (κ2) is 9.28. The van der Waals surface area contributed by atoms with Gasteiger partial charge < -0.3 is 5.32 Å². The number of alkyl halides is 2. The molecule has 1 heterocycles. The fourth-order valence-corrected chi connectivity index (χ4v) is 4.41. The maximum atomic E-state index is 14.8. The van der Waals surface area contributed by atoms with E-state index >= 15 is 0 Å². The van der Waals surface area contributed by atoms with Crippen molar-refractivity contribution in [1.82, 2.24) is 20.5 Å². The molecule has 9 heteroatoms. The van der Waals surface area contributed by atoms with Gasteiger partial charge in [-0.2, -0.15) is 8.78 Å². The van der Waals surface area contributed by atoms with Crippen LogP contribution in [0.25, 0.3) is 0 Å². The van der Waals surface area contributed by atoms with Gasteiger partial charge in [0.15, 0.2) is 10.7 Å². The minimum atomic E-state index is -3.24. The molecule has 1 aromatic heterocycles. The minimum absolute atomic E-state index is 0.0634. The predicted octanol–water partition coefficient (Wildman–Crippen LogP) is 5.43. The molecule has 0 unspecified atom stereocenters. The lowest BCUT2D eigenvalue weighted by atomic mass is 10.0. The standard InChI is InChI=1S/C22H21ClF2N4OS/c1-12-5-6-18(14(3)7-12)22(24,25)11-26-20(30)19-21(29-28-15(4)27-19)31-17-9-13(2)8-16(23)10-17/h5-10H,11H2,1-4H3,(H,26,30). The Balaban J connectivity index is 1.82. The van der Waals surface area contributed by atoms with Gasteiger partial charge in [-0.3, -0.25) is 4.79 Å². The van der Waals surface area contributed by atoms with Crippen LogP contribution in [0.15, 0.2) is 46.3 Å². The fourth-order valence-electron chi connectivity index (χ4n) is 3.08. The summed E-state index contributed by atoms with van der Waals surface area (Å²) in [7, 11) is 0. The molecule has 0 spiro atoms. The van der Waals surface area contributed by atoms with E-state index in [0.717, 1.165) is 27.8 Å². The molecule has 2 aromatic carbocycles. The molecule has 31 heavy (non-hydrogen) atoms. The first-order chi connectivity index (χ1) is 14.5. The number of nitrogens with zero attached hydrogens (tertiary/aromatic N) is 3. The lowest BCUT2D eigenvalue weighted by molar-refractivity contribution is -0.00316. The van der Waals surface area contributed by atoms with Gasteiger partial charge in [-0.05, 0) is 57.0 Å². The Labute approximate surface area is 188 Å². The van der Waals surface area contributed by atoms with Gasteiger partial charge in [0.1, 0.15) is 5.82 Å². The summed E-state index contributed by atoms with van der Waals surface area (Å²) in [6.07, 6.45) is 0. The van der Waals surface area contributed by atoms with E-state index in [4.69, 9.17) is 11.6 Å². The highest BCUT2D eigenvalue weighted by atomic mass is 35.5. The second-order valence-electron chi connectivity index (χ2n) is 7.28. The van der Waals surface area contributed by atoms with Gasteiger partial charge in [-0.25, -0.2) is 4.98 Å². The molecule has 3 rings (SSSR count). The molecular weight excluding hydrogens is 442 g/mol. The van der Waals surface area contributed by atoms with E-state index in [1.807, 2.05) is 19.9 Å². The van der Waals surface area contributed by atoms with E-state index in [1.165, 1.54) is 6.07 Å². The first-order valence-corrected chi connectivity index (χ1v) is 10.6. The molecule has 0 aliphatic rings. The zero-order valence-corrected chi connectivity index (χ0v) is 19.0. The van der Waals surface area contributed by atoms with Crippen molar-refractivity contribution in [3.8, 4) is 0 Å². The third-order valence-corrected chi connectivity index (χ3v) is 5.61. The molecule has 0 aliphatic heterocycles. The molecule has 3 aromatic rings. The second-order valence-corrected chi connectivity index (χ2v) is 8.78. The summed E-state index contributed by atoms with van der Waals surface area (Å²) in [4.78, 5) is 17.6. The zero-order valence-electron chi connectivity index (χ0n) is 17.5. The van der Waals surface area contributed by atoms with Crippen LogP contribution in [0, 0.1) is 27.7 Å². The summed E-state index contributed by atoms with van der Waals surface area (Å²) < 4.78 is 29.5. The Morgan fingerprint density at radius 1 is 1.06 bits per heavy atom. The van der Waals surface area contributed by atoms with Crippen molar-refractivity contribution < 1.29 is 13.6 Å². The van der Waals surface area contributed by atoms with Crippen molar-refractivity contribution in [3.05, 3.63) is 75.2 Å². The number of hydrogen-bond donors (Lipinski definition) is 1. The van der Waals surface area contributed by atoms with Crippen molar-refractivity contribution in [2.24, 2.45) is 0 Å². The first kappa shape index (κ1) is 23.1. The Bertz CT molecular complexity index is 1120. The molecule has 0 bridgehead atoms. The maximum Gasteiger partial charge on any atom is 0.290 e. The highest BCUT2D eigenvalue weighted by molar-refractivity contribution is 7.99. The van der Waals surface area contributed by atoms with Gasteiger partial charge in [0.2, 0.25) is 0 Å². The lowest BCUT2D eigenvalue weighted by Gasteiger charge is -2.20. The summed E-state index contributed by atoms with van der Waals surface area (Å²) in [5.41, 5.74) is 2.10. The largest absolute Gasteiger partial charge is 0.344 e. The number of rotatable bonds is 6. The van der Waals surface area contributed by atoms with Crippen LogP contribution in [-0.2, 0) is 5.92 Å². The number of amides is 1. The van der Waals surface area contributed by atoms with Crippen molar-refractivity contribution in [2.75, 3.05) is 6.54 Å². The smallest absolute Gasteiger partial charge is 0.290 e. The third kappa shape index (κ3) is 5.77. The van der Waals surface area contributed by atoms with Gasteiger partial charge in [-0.1, -0.05) is 47.1 Å². The van der Waals surface area contributed by atoms with Crippen LogP contribution >= 0.6 is 23.4 Å². The molecule has 0 aliphatic carbocycles. The van der Waals surface area contributed by atoms with Crippen molar-refractivity contribution in [3.63, 3.8) is 0 Å². The number of nitrogens with one attached hydrogen (secondary N) is 1. The minimum Gasteiger partial charge on any atom is -0.344 e. The first-order valence-electron chi connectivity index (χ1n) is 9.45. The molecule has 0 fully saturated rings. The molecule has 0 atom stereocenters. The molecule has 1 amide bonds. The third-order valence-electron chi connectivity index (χ3n) is 4.45. The average Bonchev–Trinajstić information content (AvgIpc) is 2.66. The van der Waals surface area contributed by atoms with Crippen LogP contribution in [0.3, 0.4) is 0 Å². The number of benzene rings is 2. The highest BCUT2D eigenvalue weighted by Crippen LogP contribution is 2.32. The fraction of sp³-hybridized carbons (Fsp3) is 0.273. The van der Waals surface area contributed by atoms with Crippen molar-refractivity contribution in [2.45, 2.75) is 43.5 Å². The normalized spacial score (nSPS) is 11.5. The van der Waals surface area contributed by atoms with Gasteiger partial charge in [0.25, 0.3) is 11.8 Å². The van der Waals surface area contributed by atoms with E-state index < -0.39 is 18.4 Å². The number of carbonyl (C=O) groups excluding carboxylic acids is 1. The van der Waals surface area contributed by atoms with E-state index in [1.54, 1.807) is 38.1 Å². The SMILES string of the molecule is Cc1cc(Cl)cc(Sc2nnc(C)nc2C(=O)NCC(F)(F)c2ccc(C)cc2C)c1. The van der Waals surface area contributed by atoms with E-state index in [9.17, 15) is 13.6 Å². The number of halogens is 3. The van der Waals surface area contributed by atoms with Crippen LogP contribution in [0.4, 0.5) is 8.78 Å². The number of carbonyl (C=O) groups is 1. The van der Waals surface area contributed by atoms with Crippen LogP contribution in [-0.4, -0.2) is 27.6 Å². The van der Waals surface area contributed by atoms with Crippen LogP contribution in [0.5, 0.6) is 0 Å². The van der Waals surface area contributed by atoms with Crippen molar-refractivity contribution >= 4 is 29.3 Å². The molecule has 162 valence electrons. The van der Waals surface area contributed by atoms with Gasteiger partial charge in [0.05, 0.1) is 6.54 Å². The highest BCUT2D eigenvalue weighted by Gasteiger charge is 2.34. The summed E-state index contributed by atoms with van der Waals surface area (Å²) in [6.45, 7) is 6.06. The quantitative estimate of drug-likeness (QED) is 0.529. The Kier molecular flexibility index (Phi) is 6.91. The average molecular weight is 463 g/mol. The lowest BCUT2D eigenvalue weighted by Crippen LogP contribution is -2.36. The number of aryl methyl sites for hydroxylation is 4. The van der Waals surface area contributed by atoms with Crippen LogP contribution < -0.4 is 5.32 Å². The molecule has 0 radical (unpaired) electrons. The van der Waals surface area contributed by atoms with E-state index in [-0.39, 0.29) is 22.1 Å². The molecular formula is C22H21ClF2N4OS. The van der Waals surface area contributed by atoms with Crippen LogP contribution in [0.1, 0.15) is 38.6 Å². The predicted molar refractivity (Wildman–Crippen MR) is 117 cm³/mol. The van der Waals surface area contributed by atoms with E-state index in [0.29, 0.717) is 10.6 Å².